The summed E-state index contributed by atoms with van der Waals surface area (Å²) in [7, 11) is 1.53. The van der Waals surface area contributed by atoms with E-state index in [1.165, 1.54) is 17.5 Å². The molecule has 0 saturated carbocycles. The van der Waals surface area contributed by atoms with Crippen LogP contribution in [0.4, 0.5) is 0 Å². The Balaban J connectivity index is 3.14. The van der Waals surface area contributed by atoms with Crippen molar-refractivity contribution in [2.24, 2.45) is 0 Å². The van der Waals surface area contributed by atoms with Crippen LogP contribution in [-0.4, -0.2) is 17.5 Å². The molecule has 2 nitrogen and oxygen atoms in total. The van der Waals surface area contributed by atoms with Gasteiger partial charge in [0.15, 0.2) is 0 Å². The van der Waals surface area contributed by atoms with Crippen molar-refractivity contribution in [1.29, 1.82) is 0 Å². The summed E-state index contributed by atoms with van der Waals surface area (Å²) >= 11 is 1.67. The molecule has 0 radical (unpaired) electrons. The minimum absolute atomic E-state index is 0.788. The van der Waals surface area contributed by atoms with Gasteiger partial charge in [-0.25, -0.2) is 4.74 Å². The summed E-state index contributed by atoms with van der Waals surface area (Å²) in [6, 6.07) is 2.06. The van der Waals surface area contributed by atoms with E-state index in [1.54, 1.807) is 11.3 Å². The Bertz CT molecular complexity index is 302. The van der Waals surface area contributed by atoms with E-state index in [0.29, 0.717) is 0 Å². The highest BCUT2D eigenvalue weighted by Gasteiger charge is 2.08. The van der Waals surface area contributed by atoms with Gasteiger partial charge in [0.2, 0.25) is 5.71 Å². The first-order valence-corrected chi connectivity index (χ1v) is 4.66. The van der Waals surface area contributed by atoms with Crippen LogP contribution in [0.5, 0.6) is 0 Å². The molecule has 0 aromatic carbocycles. The van der Waals surface area contributed by atoms with Crippen LogP contribution in [0.15, 0.2) is 6.07 Å². The van der Waals surface area contributed by atoms with Crippen molar-refractivity contribution in [2.45, 2.75) is 20.8 Å². The first kappa shape index (κ1) is 9.26. The van der Waals surface area contributed by atoms with Gasteiger partial charge in [-0.2, -0.15) is 0 Å². The number of hydrogen-bond acceptors (Lipinski definition) is 2. The molecule has 0 aliphatic heterocycles. The lowest BCUT2D eigenvalue weighted by molar-refractivity contribution is -0.422. The number of hydrogen-bond donors (Lipinski definition) is 0. The van der Waals surface area contributed by atoms with Crippen LogP contribution in [-0.2, 0) is 0 Å². The molecule has 0 amide bonds. The Labute approximate surface area is 76.8 Å². The van der Waals surface area contributed by atoms with Crippen molar-refractivity contribution in [3.8, 4) is 0 Å². The van der Waals surface area contributed by atoms with E-state index < -0.39 is 0 Å². The maximum Gasteiger partial charge on any atom is 0.201 e. The normalized spacial score (nSPS) is 13.0. The fourth-order valence-electron chi connectivity index (χ4n) is 0.907. The van der Waals surface area contributed by atoms with Gasteiger partial charge in [0.05, 0.1) is 4.88 Å². The van der Waals surface area contributed by atoms with Gasteiger partial charge in [-0.3, -0.25) is 0 Å². The lowest BCUT2D eigenvalue weighted by Crippen LogP contribution is -2.06. The molecule has 0 unspecified atom stereocenters. The van der Waals surface area contributed by atoms with Crippen molar-refractivity contribution in [2.75, 3.05) is 7.05 Å². The summed E-state index contributed by atoms with van der Waals surface area (Å²) in [4.78, 5) is 2.36. The third-order valence-corrected chi connectivity index (χ3v) is 3.26. The number of aryl methyl sites for hydroxylation is 2. The van der Waals surface area contributed by atoms with E-state index in [2.05, 4.69) is 19.9 Å². The molecule has 1 aromatic heterocycles. The predicted molar refractivity (Wildman–Crippen MR) is 53.1 cm³/mol. The van der Waals surface area contributed by atoms with Crippen molar-refractivity contribution >= 4 is 17.0 Å². The standard InChI is InChI=1S/C9H13NOS/c1-6-5-9(12-8(6)3)7(2)10(4)11/h5H,1-4H3. The quantitative estimate of drug-likeness (QED) is 0.284. The Hall–Kier alpha value is -0.830. The largest absolute Gasteiger partial charge is 0.624 e. The third kappa shape index (κ3) is 1.67. The highest BCUT2D eigenvalue weighted by atomic mass is 32.1. The average molecular weight is 183 g/mol. The average Bonchev–Trinajstić information content (AvgIpc) is 2.30. The smallest absolute Gasteiger partial charge is 0.201 e. The number of nitrogens with zero attached hydrogens (tertiary/aromatic N) is 1. The number of thiophene rings is 1. The van der Waals surface area contributed by atoms with E-state index in [0.717, 1.165) is 15.3 Å². The van der Waals surface area contributed by atoms with Gasteiger partial charge < -0.3 is 5.21 Å². The van der Waals surface area contributed by atoms with Gasteiger partial charge in [-0.1, -0.05) is 0 Å². The monoisotopic (exact) mass is 183 g/mol. The molecule has 0 saturated heterocycles. The maximum absolute atomic E-state index is 11.0. The molecule has 0 fully saturated rings. The van der Waals surface area contributed by atoms with E-state index in [4.69, 9.17) is 0 Å². The fraction of sp³-hybridized carbons (Fsp3) is 0.444. The SMILES string of the molecule is CC(c1cc(C)c(C)s1)=[N+](C)[O-]. The molecular formula is C9H13NOS. The molecule has 66 valence electrons. The highest BCUT2D eigenvalue weighted by Crippen LogP contribution is 2.20. The third-order valence-electron chi connectivity index (χ3n) is 1.99. The van der Waals surface area contributed by atoms with E-state index in [1.807, 2.05) is 6.92 Å². The molecule has 1 rings (SSSR count). The zero-order chi connectivity index (χ0) is 9.30. The van der Waals surface area contributed by atoms with Gasteiger partial charge in [0.1, 0.15) is 7.05 Å². The second-order valence-corrected chi connectivity index (χ2v) is 4.19. The molecule has 0 aliphatic rings. The van der Waals surface area contributed by atoms with Crippen LogP contribution >= 0.6 is 11.3 Å². The van der Waals surface area contributed by atoms with Crippen LogP contribution in [0.2, 0.25) is 0 Å². The first-order chi connectivity index (χ1) is 5.52. The minimum atomic E-state index is 0.788. The molecule has 0 N–H and O–H groups in total. The van der Waals surface area contributed by atoms with E-state index >= 15 is 0 Å². The summed E-state index contributed by atoms with van der Waals surface area (Å²) in [5.41, 5.74) is 2.05. The van der Waals surface area contributed by atoms with Crippen LogP contribution < -0.4 is 0 Å². The van der Waals surface area contributed by atoms with Crippen LogP contribution in [0.1, 0.15) is 22.2 Å². The topological polar surface area (TPSA) is 26.1 Å². The first-order valence-electron chi connectivity index (χ1n) is 3.84. The van der Waals surface area contributed by atoms with Crippen molar-refractivity contribution in [1.82, 2.24) is 0 Å². The van der Waals surface area contributed by atoms with E-state index in [9.17, 15) is 5.21 Å². The minimum Gasteiger partial charge on any atom is -0.624 e. The Morgan fingerprint density at radius 2 is 2.08 bits per heavy atom. The molecule has 0 spiro atoms. The summed E-state index contributed by atoms with van der Waals surface area (Å²) < 4.78 is 0.907. The summed E-state index contributed by atoms with van der Waals surface area (Å²) in [6.07, 6.45) is 0. The number of hydroxylamine groups is 1. The molecule has 12 heavy (non-hydrogen) atoms. The number of rotatable bonds is 1. The Morgan fingerprint density at radius 1 is 1.50 bits per heavy atom. The lowest BCUT2D eigenvalue weighted by atomic mass is 10.2. The van der Waals surface area contributed by atoms with Crippen molar-refractivity contribution in [3.63, 3.8) is 0 Å². The summed E-state index contributed by atoms with van der Waals surface area (Å²) in [5.74, 6) is 0. The Morgan fingerprint density at radius 3 is 2.42 bits per heavy atom. The van der Waals surface area contributed by atoms with Gasteiger partial charge in [-0.15, -0.1) is 11.3 Å². The second kappa shape index (κ2) is 3.27. The van der Waals surface area contributed by atoms with Crippen molar-refractivity contribution < 1.29 is 4.74 Å². The summed E-state index contributed by atoms with van der Waals surface area (Å²) in [6.45, 7) is 5.98. The molecule has 0 aliphatic carbocycles. The van der Waals surface area contributed by atoms with Crippen LogP contribution in [0, 0.1) is 19.1 Å². The van der Waals surface area contributed by atoms with Gasteiger partial charge in [0, 0.05) is 11.8 Å². The van der Waals surface area contributed by atoms with Gasteiger partial charge >= 0.3 is 0 Å². The lowest BCUT2D eigenvalue weighted by Gasteiger charge is -1.98. The second-order valence-electron chi connectivity index (χ2n) is 2.93. The van der Waals surface area contributed by atoms with Crippen LogP contribution in [0.3, 0.4) is 0 Å². The highest BCUT2D eigenvalue weighted by molar-refractivity contribution is 7.14. The molecular weight excluding hydrogens is 170 g/mol. The Kier molecular flexibility index (Phi) is 2.52. The molecule has 3 heteroatoms. The molecule has 0 atom stereocenters. The van der Waals surface area contributed by atoms with E-state index in [-0.39, 0.29) is 0 Å². The molecule has 1 heterocycles. The predicted octanol–water partition coefficient (Wildman–Crippen LogP) is 2.31. The fourth-order valence-corrected chi connectivity index (χ4v) is 1.97. The maximum atomic E-state index is 11.0. The summed E-state index contributed by atoms with van der Waals surface area (Å²) in [5, 5.41) is 11.0. The van der Waals surface area contributed by atoms with Gasteiger partial charge in [0.25, 0.3) is 0 Å². The zero-order valence-corrected chi connectivity index (χ0v) is 8.66. The zero-order valence-electron chi connectivity index (χ0n) is 7.84. The molecule has 1 aromatic rings. The van der Waals surface area contributed by atoms with Crippen LogP contribution in [0.25, 0.3) is 0 Å². The van der Waals surface area contributed by atoms with Crippen molar-refractivity contribution in [3.05, 3.63) is 26.6 Å². The van der Waals surface area contributed by atoms with Gasteiger partial charge in [-0.05, 0) is 25.5 Å². The molecule has 0 bridgehead atoms.